The third-order valence-electron chi connectivity index (χ3n) is 4.98. The Balaban J connectivity index is 2.14. The summed E-state index contributed by atoms with van der Waals surface area (Å²) in [5, 5.41) is 0. The predicted molar refractivity (Wildman–Crippen MR) is 90.4 cm³/mol. The van der Waals surface area contributed by atoms with Crippen LogP contribution < -0.4 is 4.74 Å². The maximum absolute atomic E-state index is 12.6. The van der Waals surface area contributed by atoms with Crippen molar-refractivity contribution in [2.24, 2.45) is 0 Å². The van der Waals surface area contributed by atoms with Crippen molar-refractivity contribution in [1.29, 1.82) is 0 Å². The van der Waals surface area contributed by atoms with E-state index in [4.69, 9.17) is 9.47 Å². The Labute approximate surface area is 147 Å². The minimum atomic E-state index is -0.798. The SMILES string of the molecule is CC(=O)c1ccc2c(c1)[C@H](N1CCCCC1=O)[C@@H](OC=O)C(C)(C)O2. The second-order valence-electron chi connectivity index (χ2n) is 7.16. The Morgan fingerprint density at radius 3 is 2.76 bits per heavy atom. The summed E-state index contributed by atoms with van der Waals surface area (Å²) in [5.74, 6) is 0.584. The molecule has 1 aromatic carbocycles. The van der Waals surface area contributed by atoms with Crippen LogP contribution in [0.1, 0.15) is 62.0 Å². The van der Waals surface area contributed by atoms with E-state index in [0.29, 0.717) is 36.3 Å². The molecule has 6 heteroatoms. The maximum Gasteiger partial charge on any atom is 0.293 e. The minimum absolute atomic E-state index is 0.0348. The molecule has 2 atom stereocenters. The van der Waals surface area contributed by atoms with Gasteiger partial charge in [-0.2, -0.15) is 0 Å². The van der Waals surface area contributed by atoms with E-state index in [1.807, 2.05) is 13.8 Å². The topological polar surface area (TPSA) is 72.9 Å². The fourth-order valence-corrected chi connectivity index (χ4v) is 3.73. The Morgan fingerprint density at radius 1 is 1.36 bits per heavy atom. The van der Waals surface area contributed by atoms with Crippen molar-refractivity contribution in [3.05, 3.63) is 29.3 Å². The number of fused-ring (bicyclic) bond motifs is 1. The Bertz CT molecular complexity index is 712. The molecule has 2 heterocycles. The predicted octanol–water partition coefficient (Wildman–Crippen LogP) is 2.66. The first-order chi connectivity index (χ1) is 11.8. The average molecular weight is 345 g/mol. The smallest absolute Gasteiger partial charge is 0.293 e. The van der Waals surface area contributed by atoms with Crippen molar-refractivity contribution < 1.29 is 23.9 Å². The van der Waals surface area contributed by atoms with Gasteiger partial charge in [-0.15, -0.1) is 0 Å². The van der Waals surface area contributed by atoms with Crippen molar-refractivity contribution in [1.82, 2.24) is 4.90 Å². The highest BCUT2D eigenvalue weighted by molar-refractivity contribution is 5.94. The first-order valence-corrected chi connectivity index (χ1v) is 8.57. The first kappa shape index (κ1) is 17.5. The summed E-state index contributed by atoms with van der Waals surface area (Å²) in [6.07, 6.45) is 1.59. The third kappa shape index (κ3) is 3.13. The van der Waals surface area contributed by atoms with Crippen LogP contribution >= 0.6 is 0 Å². The van der Waals surface area contributed by atoms with Gasteiger partial charge in [-0.25, -0.2) is 0 Å². The van der Waals surface area contributed by atoms with Gasteiger partial charge in [0.2, 0.25) is 5.91 Å². The first-order valence-electron chi connectivity index (χ1n) is 8.57. The highest BCUT2D eigenvalue weighted by Gasteiger charge is 2.49. The van der Waals surface area contributed by atoms with E-state index in [1.165, 1.54) is 6.92 Å². The quantitative estimate of drug-likeness (QED) is 0.620. The van der Waals surface area contributed by atoms with Gasteiger partial charge in [0, 0.05) is 24.1 Å². The van der Waals surface area contributed by atoms with Gasteiger partial charge in [0.05, 0.1) is 0 Å². The highest BCUT2D eigenvalue weighted by Crippen LogP contribution is 2.45. The van der Waals surface area contributed by atoms with Crippen LogP contribution in [0.15, 0.2) is 18.2 Å². The number of likely N-dealkylation sites (tertiary alicyclic amines) is 1. The summed E-state index contributed by atoms with van der Waals surface area (Å²) in [6, 6.07) is 4.76. The molecule has 2 aliphatic rings. The van der Waals surface area contributed by atoms with Crippen LogP contribution in [-0.4, -0.2) is 41.3 Å². The van der Waals surface area contributed by atoms with E-state index in [0.717, 1.165) is 12.8 Å². The van der Waals surface area contributed by atoms with Gasteiger partial charge in [-0.3, -0.25) is 14.4 Å². The van der Waals surface area contributed by atoms with Gasteiger partial charge >= 0.3 is 0 Å². The lowest BCUT2D eigenvalue weighted by Crippen LogP contribution is -2.56. The van der Waals surface area contributed by atoms with Crippen molar-refractivity contribution in [3.8, 4) is 5.75 Å². The van der Waals surface area contributed by atoms with E-state index in [-0.39, 0.29) is 11.7 Å². The molecule has 0 radical (unpaired) electrons. The molecule has 0 aromatic heterocycles. The Morgan fingerprint density at radius 2 is 2.12 bits per heavy atom. The average Bonchev–Trinajstić information content (AvgIpc) is 2.56. The molecular formula is C19H23NO5. The summed E-state index contributed by atoms with van der Waals surface area (Å²) < 4.78 is 11.4. The standard InChI is InChI=1S/C19H23NO5/c1-12(22)13-7-8-15-14(10-13)17(20-9-5-4-6-16(20)23)18(24-11-21)19(2,3)25-15/h7-8,10-11,17-18H,4-6,9H2,1-3H3/t17-,18+/m0/s1. The molecule has 0 aliphatic carbocycles. The van der Waals surface area contributed by atoms with Crippen LogP contribution in [0, 0.1) is 0 Å². The fourth-order valence-electron chi connectivity index (χ4n) is 3.73. The Hall–Kier alpha value is -2.37. The van der Waals surface area contributed by atoms with Crippen molar-refractivity contribution in [2.75, 3.05) is 6.54 Å². The summed E-state index contributed by atoms with van der Waals surface area (Å²) in [7, 11) is 0. The molecule has 25 heavy (non-hydrogen) atoms. The number of hydrogen-bond donors (Lipinski definition) is 0. The monoisotopic (exact) mass is 345 g/mol. The molecule has 1 amide bonds. The molecule has 134 valence electrons. The molecule has 0 saturated carbocycles. The third-order valence-corrected chi connectivity index (χ3v) is 4.98. The van der Waals surface area contributed by atoms with Gasteiger partial charge in [0.1, 0.15) is 17.4 Å². The number of hydrogen-bond acceptors (Lipinski definition) is 5. The van der Waals surface area contributed by atoms with Crippen LogP contribution in [-0.2, 0) is 14.3 Å². The fraction of sp³-hybridized carbons (Fsp3) is 0.526. The number of amides is 1. The van der Waals surface area contributed by atoms with Gasteiger partial charge in [-0.05, 0) is 51.8 Å². The number of rotatable bonds is 4. The number of carbonyl (C=O) groups is 3. The molecular weight excluding hydrogens is 322 g/mol. The zero-order valence-corrected chi connectivity index (χ0v) is 14.8. The largest absolute Gasteiger partial charge is 0.484 e. The number of piperidine rings is 1. The van der Waals surface area contributed by atoms with Gasteiger partial charge in [-0.1, -0.05) is 0 Å². The molecule has 3 rings (SSSR count). The lowest BCUT2D eigenvalue weighted by Gasteiger charge is -2.48. The number of ketones is 1. The lowest BCUT2D eigenvalue weighted by atomic mass is 9.83. The molecule has 0 N–H and O–H groups in total. The number of ether oxygens (including phenoxy) is 2. The van der Waals surface area contributed by atoms with Crippen LogP contribution in [0.25, 0.3) is 0 Å². The zero-order valence-electron chi connectivity index (χ0n) is 14.8. The highest BCUT2D eigenvalue weighted by atomic mass is 16.6. The minimum Gasteiger partial charge on any atom is -0.484 e. The number of carbonyl (C=O) groups excluding carboxylic acids is 3. The lowest BCUT2D eigenvalue weighted by molar-refractivity contribution is -0.164. The number of Topliss-reactive ketones (excluding diaryl/α,β-unsaturated/α-hetero) is 1. The number of nitrogens with zero attached hydrogens (tertiary/aromatic N) is 1. The van der Waals surface area contributed by atoms with Crippen LogP contribution in [0.3, 0.4) is 0 Å². The summed E-state index contributed by atoms with van der Waals surface area (Å²) in [5.41, 5.74) is 0.462. The molecule has 1 saturated heterocycles. The van der Waals surface area contributed by atoms with Crippen molar-refractivity contribution in [3.63, 3.8) is 0 Å². The summed E-state index contributed by atoms with van der Waals surface area (Å²) >= 11 is 0. The van der Waals surface area contributed by atoms with E-state index in [9.17, 15) is 14.4 Å². The molecule has 6 nitrogen and oxygen atoms in total. The molecule has 2 aliphatic heterocycles. The number of benzene rings is 1. The second-order valence-corrected chi connectivity index (χ2v) is 7.16. The van der Waals surface area contributed by atoms with Crippen molar-refractivity contribution >= 4 is 18.2 Å². The Kier molecular flexibility index (Phi) is 4.54. The van der Waals surface area contributed by atoms with Crippen LogP contribution in [0.2, 0.25) is 0 Å². The van der Waals surface area contributed by atoms with Gasteiger partial charge in [0.15, 0.2) is 11.9 Å². The van der Waals surface area contributed by atoms with Crippen LogP contribution in [0.5, 0.6) is 5.75 Å². The summed E-state index contributed by atoms with van der Waals surface area (Å²) in [6.45, 7) is 6.17. The van der Waals surface area contributed by atoms with E-state index in [2.05, 4.69) is 0 Å². The van der Waals surface area contributed by atoms with Gasteiger partial charge < -0.3 is 14.4 Å². The molecule has 0 bridgehead atoms. The molecule has 1 aromatic rings. The molecule has 1 fully saturated rings. The van der Waals surface area contributed by atoms with E-state index < -0.39 is 17.7 Å². The van der Waals surface area contributed by atoms with Crippen LogP contribution in [0.4, 0.5) is 0 Å². The normalized spacial score (nSPS) is 24.9. The molecule has 0 unspecified atom stereocenters. The molecule has 0 spiro atoms. The second kappa shape index (κ2) is 6.50. The van der Waals surface area contributed by atoms with Gasteiger partial charge in [0.25, 0.3) is 6.47 Å². The maximum atomic E-state index is 12.6. The van der Waals surface area contributed by atoms with E-state index >= 15 is 0 Å². The zero-order chi connectivity index (χ0) is 18.2. The van der Waals surface area contributed by atoms with Crippen molar-refractivity contribution in [2.45, 2.75) is 57.8 Å². The van der Waals surface area contributed by atoms with E-state index in [1.54, 1.807) is 23.1 Å². The summed E-state index contributed by atoms with van der Waals surface area (Å²) in [4.78, 5) is 37.3.